The maximum absolute atomic E-state index is 12.4. The predicted octanol–water partition coefficient (Wildman–Crippen LogP) is 3.56. The molecule has 1 saturated heterocycles. The molecule has 27 heavy (non-hydrogen) atoms. The lowest BCUT2D eigenvalue weighted by Crippen LogP contribution is -2.59. The third-order valence-electron chi connectivity index (χ3n) is 5.83. The molecular weight excluding hydrogens is 408 g/mol. The lowest BCUT2D eigenvalue weighted by molar-refractivity contribution is -0.122. The van der Waals surface area contributed by atoms with Crippen LogP contribution in [0.1, 0.15) is 55.3 Å². The highest BCUT2D eigenvalue weighted by molar-refractivity contribution is 9.10. The van der Waals surface area contributed by atoms with E-state index in [0.29, 0.717) is 12.1 Å². The maximum Gasteiger partial charge on any atom is 0.220 e. The fourth-order valence-corrected chi connectivity index (χ4v) is 4.48. The molecule has 5 nitrogen and oxygen atoms in total. The van der Waals surface area contributed by atoms with Gasteiger partial charge in [-0.15, -0.1) is 0 Å². The second-order valence-corrected chi connectivity index (χ2v) is 8.51. The number of Topliss-reactive ketones (excluding diaryl/α,β-unsaturated/α-hetero) is 1. The van der Waals surface area contributed by atoms with Gasteiger partial charge in [0.15, 0.2) is 5.78 Å². The van der Waals surface area contributed by atoms with Crippen LogP contribution < -0.4 is 5.32 Å². The van der Waals surface area contributed by atoms with Crippen LogP contribution >= 0.6 is 15.9 Å². The molecular formula is C21H29BrN2O3. The first-order chi connectivity index (χ1) is 13.1. The molecule has 0 bridgehead atoms. The number of carbonyl (C=O) groups is 2. The van der Waals surface area contributed by atoms with Gasteiger partial charge in [0.25, 0.3) is 0 Å². The molecule has 1 aromatic carbocycles. The molecule has 0 radical (unpaired) electrons. The van der Waals surface area contributed by atoms with Crippen molar-refractivity contribution in [3.63, 3.8) is 0 Å². The van der Waals surface area contributed by atoms with Crippen LogP contribution in [0.3, 0.4) is 0 Å². The van der Waals surface area contributed by atoms with Crippen molar-refractivity contribution in [2.45, 2.75) is 50.5 Å². The summed E-state index contributed by atoms with van der Waals surface area (Å²) in [6.45, 7) is 4.11. The van der Waals surface area contributed by atoms with Gasteiger partial charge in [0.2, 0.25) is 5.91 Å². The summed E-state index contributed by atoms with van der Waals surface area (Å²) in [6.07, 6.45) is 6.47. The van der Waals surface area contributed by atoms with Crippen LogP contribution in [0, 0.1) is 0 Å². The van der Waals surface area contributed by atoms with Gasteiger partial charge < -0.3 is 10.1 Å². The topological polar surface area (TPSA) is 58.6 Å². The van der Waals surface area contributed by atoms with Gasteiger partial charge >= 0.3 is 0 Å². The average molecular weight is 437 g/mol. The van der Waals surface area contributed by atoms with E-state index in [2.05, 4.69) is 26.1 Å². The molecule has 2 aliphatic rings. The predicted molar refractivity (Wildman–Crippen MR) is 109 cm³/mol. The molecule has 0 aromatic heterocycles. The number of nitrogens with zero attached hydrogens (tertiary/aromatic N) is 1. The average Bonchev–Trinajstić information content (AvgIpc) is 2.72. The van der Waals surface area contributed by atoms with Crippen molar-refractivity contribution >= 4 is 27.6 Å². The first-order valence-corrected chi connectivity index (χ1v) is 10.8. The summed E-state index contributed by atoms with van der Waals surface area (Å²) in [7, 11) is 0. The minimum atomic E-state index is -0.0290. The zero-order valence-corrected chi connectivity index (χ0v) is 17.4. The van der Waals surface area contributed by atoms with Gasteiger partial charge in [0, 0.05) is 48.1 Å². The van der Waals surface area contributed by atoms with Crippen molar-refractivity contribution in [3.8, 4) is 0 Å². The highest BCUT2D eigenvalue weighted by atomic mass is 79.9. The second-order valence-electron chi connectivity index (χ2n) is 7.59. The number of benzene rings is 1. The molecule has 2 fully saturated rings. The van der Waals surface area contributed by atoms with Gasteiger partial charge in [-0.1, -0.05) is 47.3 Å². The van der Waals surface area contributed by atoms with E-state index < -0.39 is 0 Å². The van der Waals surface area contributed by atoms with E-state index in [1.54, 1.807) is 12.1 Å². The number of halogens is 1. The number of morpholine rings is 1. The Hall–Kier alpha value is -1.24. The van der Waals surface area contributed by atoms with Crippen LogP contribution in [0.2, 0.25) is 0 Å². The summed E-state index contributed by atoms with van der Waals surface area (Å²) in [6, 6.07) is 7.28. The van der Waals surface area contributed by atoms with Crippen LogP contribution in [0.4, 0.5) is 0 Å². The number of rotatable bonds is 7. The van der Waals surface area contributed by atoms with Gasteiger partial charge in [-0.05, 0) is 25.0 Å². The molecule has 0 atom stereocenters. The Balaban J connectivity index is 1.50. The summed E-state index contributed by atoms with van der Waals surface area (Å²) in [5, 5.41) is 3.13. The van der Waals surface area contributed by atoms with Crippen molar-refractivity contribution in [2.75, 3.05) is 32.8 Å². The first-order valence-electron chi connectivity index (χ1n) is 9.97. The van der Waals surface area contributed by atoms with Gasteiger partial charge in [-0.25, -0.2) is 0 Å². The molecule has 6 heteroatoms. The fraction of sp³-hybridized carbons (Fsp3) is 0.619. The van der Waals surface area contributed by atoms with Crippen molar-refractivity contribution in [3.05, 3.63) is 34.3 Å². The SMILES string of the molecule is O=C(CCC(=O)c1ccc(Br)cc1)NCC1(N2CCOCC2)CCCCC1. The summed E-state index contributed by atoms with van der Waals surface area (Å²) < 4.78 is 6.45. The zero-order chi connectivity index (χ0) is 19.1. The molecule has 3 rings (SSSR count). The van der Waals surface area contributed by atoms with Crippen LogP contribution in [0.25, 0.3) is 0 Å². The van der Waals surface area contributed by atoms with E-state index in [-0.39, 0.29) is 30.1 Å². The smallest absolute Gasteiger partial charge is 0.220 e. The normalized spacial score (nSPS) is 20.2. The van der Waals surface area contributed by atoms with Crippen molar-refractivity contribution < 1.29 is 14.3 Å². The second kappa shape index (κ2) is 9.80. The Morgan fingerprint density at radius 2 is 1.70 bits per heavy atom. The van der Waals surface area contributed by atoms with Crippen molar-refractivity contribution in [1.82, 2.24) is 10.2 Å². The Kier molecular flexibility index (Phi) is 7.44. The lowest BCUT2D eigenvalue weighted by Gasteiger charge is -2.48. The highest BCUT2D eigenvalue weighted by Gasteiger charge is 2.38. The standard InChI is InChI=1S/C21H29BrN2O3/c22-18-6-4-17(5-7-18)19(25)8-9-20(26)23-16-21(10-2-1-3-11-21)24-12-14-27-15-13-24/h4-7H,1-3,8-16H2,(H,23,26). The molecule has 1 aliphatic carbocycles. The van der Waals surface area contributed by atoms with Gasteiger partial charge in [0.05, 0.1) is 13.2 Å². The number of ketones is 1. The fourth-order valence-electron chi connectivity index (χ4n) is 4.21. The summed E-state index contributed by atoms with van der Waals surface area (Å²) >= 11 is 3.37. The van der Waals surface area contributed by atoms with E-state index in [4.69, 9.17) is 4.74 Å². The minimum Gasteiger partial charge on any atom is -0.379 e. The van der Waals surface area contributed by atoms with Crippen molar-refractivity contribution in [1.29, 1.82) is 0 Å². The molecule has 1 heterocycles. The molecule has 1 aromatic rings. The first kappa shape index (κ1) is 20.5. The van der Waals surface area contributed by atoms with E-state index in [1.165, 1.54) is 19.3 Å². The Morgan fingerprint density at radius 3 is 2.37 bits per heavy atom. The highest BCUT2D eigenvalue weighted by Crippen LogP contribution is 2.33. The largest absolute Gasteiger partial charge is 0.379 e. The van der Waals surface area contributed by atoms with Crippen LogP contribution in [0.5, 0.6) is 0 Å². The number of carbonyl (C=O) groups excluding carboxylic acids is 2. The summed E-state index contributed by atoms with van der Waals surface area (Å²) in [5.74, 6) is -0.0168. The van der Waals surface area contributed by atoms with Gasteiger partial charge in [-0.3, -0.25) is 14.5 Å². The Labute approximate surface area is 170 Å². The summed E-state index contributed by atoms with van der Waals surface area (Å²) in [4.78, 5) is 27.2. The number of nitrogens with one attached hydrogen (secondary N) is 1. The quantitative estimate of drug-likeness (QED) is 0.663. The van der Waals surface area contributed by atoms with E-state index in [9.17, 15) is 9.59 Å². The van der Waals surface area contributed by atoms with Gasteiger partial charge in [0.1, 0.15) is 0 Å². The monoisotopic (exact) mass is 436 g/mol. The Morgan fingerprint density at radius 1 is 1.04 bits per heavy atom. The van der Waals surface area contributed by atoms with Crippen LogP contribution in [-0.2, 0) is 9.53 Å². The van der Waals surface area contributed by atoms with E-state index in [0.717, 1.165) is 43.6 Å². The molecule has 1 amide bonds. The molecule has 1 N–H and O–H groups in total. The van der Waals surface area contributed by atoms with Crippen LogP contribution in [0.15, 0.2) is 28.7 Å². The van der Waals surface area contributed by atoms with Crippen LogP contribution in [-0.4, -0.2) is 55.0 Å². The molecule has 0 unspecified atom stereocenters. The number of ether oxygens (including phenoxy) is 1. The molecule has 1 aliphatic heterocycles. The van der Waals surface area contributed by atoms with E-state index in [1.807, 2.05) is 12.1 Å². The number of hydrogen-bond donors (Lipinski definition) is 1. The zero-order valence-electron chi connectivity index (χ0n) is 15.8. The third-order valence-corrected chi connectivity index (χ3v) is 6.35. The van der Waals surface area contributed by atoms with E-state index >= 15 is 0 Å². The number of hydrogen-bond acceptors (Lipinski definition) is 4. The minimum absolute atomic E-state index is 0.0122. The summed E-state index contributed by atoms with van der Waals surface area (Å²) in [5.41, 5.74) is 0.719. The third kappa shape index (κ3) is 5.62. The molecule has 0 spiro atoms. The maximum atomic E-state index is 12.4. The van der Waals surface area contributed by atoms with Crippen molar-refractivity contribution in [2.24, 2.45) is 0 Å². The van der Waals surface area contributed by atoms with Gasteiger partial charge in [-0.2, -0.15) is 0 Å². The molecule has 1 saturated carbocycles. The lowest BCUT2D eigenvalue weighted by atomic mass is 9.79. The Bertz CT molecular complexity index is 635. The number of amides is 1. The molecule has 148 valence electrons.